The molecule has 0 spiro atoms. The fourth-order valence-corrected chi connectivity index (χ4v) is 1.99. The number of ether oxygens (including phenoxy) is 1. The Morgan fingerprint density at radius 3 is 2.64 bits per heavy atom. The number of carbonyl (C=O) groups excluding carboxylic acids is 3. The number of hydrogen-bond donors (Lipinski definition) is 2. The number of nitrogens with zero attached hydrogens (tertiary/aromatic N) is 1. The normalized spacial score (nSPS) is 20.6. The quantitative estimate of drug-likeness (QED) is 0.755. The van der Waals surface area contributed by atoms with Crippen molar-refractivity contribution >= 4 is 17.9 Å². The molecule has 3 amide bonds. The van der Waals surface area contributed by atoms with E-state index in [2.05, 4.69) is 10.6 Å². The van der Waals surface area contributed by atoms with E-state index in [1.54, 1.807) is 20.8 Å². The van der Waals surface area contributed by atoms with Crippen molar-refractivity contribution in [3.05, 3.63) is 12.2 Å². The molecule has 7 nitrogen and oxygen atoms in total. The summed E-state index contributed by atoms with van der Waals surface area (Å²) < 4.78 is 5.17. The summed E-state index contributed by atoms with van der Waals surface area (Å²) in [6.07, 6.45) is 4.22. The van der Waals surface area contributed by atoms with Crippen LogP contribution in [0, 0.1) is 0 Å². The van der Waals surface area contributed by atoms with Gasteiger partial charge in [-0.25, -0.2) is 4.79 Å². The Balaban J connectivity index is 2.75. The number of rotatable bonds is 3. The van der Waals surface area contributed by atoms with Crippen molar-refractivity contribution < 1.29 is 19.1 Å². The number of likely N-dealkylation sites (N-methyl/N-ethyl adjacent to an activating group) is 1. The van der Waals surface area contributed by atoms with Crippen LogP contribution < -0.4 is 10.6 Å². The first-order chi connectivity index (χ1) is 10.2. The first-order valence-corrected chi connectivity index (χ1v) is 7.37. The summed E-state index contributed by atoms with van der Waals surface area (Å²) in [4.78, 5) is 37.3. The predicted molar refractivity (Wildman–Crippen MR) is 82.2 cm³/mol. The Morgan fingerprint density at radius 2 is 2.05 bits per heavy atom. The fraction of sp³-hybridized carbons (Fsp3) is 0.667. The molecule has 0 saturated heterocycles. The largest absolute Gasteiger partial charge is 0.444 e. The first-order valence-electron chi connectivity index (χ1n) is 7.37. The SMILES string of the molecule is CNC(=O)CN1CC/C=C\CC(NC(=O)OC(C)(C)C)C1=O. The van der Waals surface area contributed by atoms with Gasteiger partial charge in [-0.15, -0.1) is 0 Å². The lowest BCUT2D eigenvalue weighted by molar-refractivity contribution is -0.137. The number of hydrogen-bond acceptors (Lipinski definition) is 4. The van der Waals surface area contributed by atoms with Gasteiger partial charge < -0.3 is 20.3 Å². The predicted octanol–water partition coefficient (Wildman–Crippen LogP) is 0.804. The van der Waals surface area contributed by atoms with Crippen molar-refractivity contribution in [2.45, 2.75) is 45.3 Å². The molecule has 1 heterocycles. The molecule has 1 atom stereocenters. The molecule has 1 aliphatic rings. The molecule has 0 aromatic carbocycles. The molecular weight excluding hydrogens is 286 g/mol. The summed E-state index contributed by atoms with van der Waals surface area (Å²) >= 11 is 0. The van der Waals surface area contributed by atoms with Crippen molar-refractivity contribution in [2.75, 3.05) is 20.1 Å². The Morgan fingerprint density at radius 1 is 1.36 bits per heavy atom. The third-order valence-corrected chi connectivity index (χ3v) is 3.02. The van der Waals surface area contributed by atoms with Crippen molar-refractivity contribution in [1.82, 2.24) is 15.5 Å². The molecule has 0 aliphatic carbocycles. The topological polar surface area (TPSA) is 87.7 Å². The van der Waals surface area contributed by atoms with Gasteiger partial charge in [-0.05, 0) is 33.6 Å². The number of nitrogens with one attached hydrogen (secondary N) is 2. The zero-order valence-electron chi connectivity index (χ0n) is 13.6. The van der Waals surface area contributed by atoms with Crippen LogP contribution in [0.5, 0.6) is 0 Å². The number of amides is 3. The molecule has 2 N–H and O–H groups in total. The first kappa shape index (κ1) is 18.0. The monoisotopic (exact) mass is 311 g/mol. The van der Waals surface area contributed by atoms with Gasteiger partial charge >= 0.3 is 6.09 Å². The van der Waals surface area contributed by atoms with Crippen molar-refractivity contribution in [3.63, 3.8) is 0 Å². The highest BCUT2D eigenvalue weighted by molar-refractivity contribution is 5.89. The van der Waals surface area contributed by atoms with Crippen molar-refractivity contribution in [1.29, 1.82) is 0 Å². The van der Waals surface area contributed by atoms with Crippen LogP contribution in [0.2, 0.25) is 0 Å². The van der Waals surface area contributed by atoms with E-state index in [4.69, 9.17) is 4.74 Å². The number of carbonyl (C=O) groups is 3. The summed E-state index contributed by atoms with van der Waals surface area (Å²) in [7, 11) is 1.52. The maximum atomic E-state index is 12.5. The zero-order chi connectivity index (χ0) is 16.8. The van der Waals surface area contributed by atoms with E-state index < -0.39 is 17.7 Å². The van der Waals surface area contributed by atoms with Gasteiger partial charge in [0.15, 0.2) is 0 Å². The van der Waals surface area contributed by atoms with E-state index in [9.17, 15) is 14.4 Å². The highest BCUT2D eigenvalue weighted by atomic mass is 16.6. The molecule has 0 bridgehead atoms. The van der Waals surface area contributed by atoms with Crippen molar-refractivity contribution in [2.24, 2.45) is 0 Å². The van der Waals surface area contributed by atoms with Gasteiger partial charge in [0.2, 0.25) is 11.8 Å². The van der Waals surface area contributed by atoms with E-state index in [0.717, 1.165) is 0 Å². The average Bonchev–Trinajstić information content (AvgIpc) is 2.39. The maximum absolute atomic E-state index is 12.5. The van der Waals surface area contributed by atoms with Crippen LogP contribution in [0.4, 0.5) is 4.79 Å². The Kier molecular flexibility index (Phi) is 6.39. The van der Waals surface area contributed by atoms with Gasteiger partial charge in [-0.2, -0.15) is 0 Å². The third-order valence-electron chi connectivity index (χ3n) is 3.02. The second-order valence-electron chi connectivity index (χ2n) is 6.13. The smallest absolute Gasteiger partial charge is 0.408 e. The molecular formula is C15H25N3O4. The van der Waals surface area contributed by atoms with Crippen molar-refractivity contribution in [3.8, 4) is 0 Å². The fourth-order valence-electron chi connectivity index (χ4n) is 1.99. The molecule has 0 saturated carbocycles. The lowest BCUT2D eigenvalue weighted by atomic mass is 10.1. The van der Waals surface area contributed by atoms with Crippen LogP contribution in [0.1, 0.15) is 33.6 Å². The molecule has 0 aromatic heterocycles. The highest BCUT2D eigenvalue weighted by Crippen LogP contribution is 2.10. The zero-order valence-corrected chi connectivity index (χ0v) is 13.6. The van der Waals surface area contributed by atoms with Crippen LogP contribution in [0.3, 0.4) is 0 Å². The van der Waals surface area contributed by atoms with E-state index >= 15 is 0 Å². The summed E-state index contributed by atoms with van der Waals surface area (Å²) in [5.74, 6) is -0.521. The van der Waals surface area contributed by atoms with Crippen LogP contribution in [-0.4, -0.2) is 54.6 Å². The van der Waals surface area contributed by atoms with Gasteiger partial charge in [-0.1, -0.05) is 12.2 Å². The van der Waals surface area contributed by atoms with Crippen LogP contribution in [-0.2, 0) is 14.3 Å². The summed E-state index contributed by atoms with van der Waals surface area (Å²) in [6, 6.07) is -0.726. The summed E-state index contributed by atoms with van der Waals surface area (Å²) in [5.41, 5.74) is -0.633. The highest BCUT2D eigenvalue weighted by Gasteiger charge is 2.28. The molecule has 0 radical (unpaired) electrons. The minimum absolute atomic E-state index is 0.0182. The molecule has 1 aliphatic heterocycles. The minimum atomic E-state index is -0.726. The van der Waals surface area contributed by atoms with Crippen LogP contribution in [0.25, 0.3) is 0 Å². The molecule has 0 aromatic rings. The van der Waals surface area contributed by atoms with Gasteiger partial charge in [0.1, 0.15) is 11.6 Å². The Labute approximate surface area is 131 Å². The van der Waals surface area contributed by atoms with Crippen LogP contribution in [0.15, 0.2) is 12.2 Å². The van der Waals surface area contributed by atoms with Crippen LogP contribution >= 0.6 is 0 Å². The summed E-state index contributed by atoms with van der Waals surface area (Å²) in [5, 5.41) is 5.07. The van der Waals surface area contributed by atoms with Gasteiger partial charge in [-0.3, -0.25) is 9.59 Å². The molecule has 124 valence electrons. The molecule has 1 unspecified atom stereocenters. The average molecular weight is 311 g/mol. The van der Waals surface area contributed by atoms with Gasteiger partial charge in [0.05, 0.1) is 6.54 Å². The second-order valence-corrected chi connectivity index (χ2v) is 6.13. The van der Waals surface area contributed by atoms with Gasteiger partial charge in [0, 0.05) is 13.6 Å². The third kappa shape index (κ3) is 6.15. The van der Waals surface area contributed by atoms with E-state index in [0.29, 0.717) is 19.4 Å². The van der Waals surface area contributed by atoms with E-state index in [1.807, 2.05) is 12.2 Å². The standard InChI is InChI=1S/C15H25N3O4/c1-15(2,3)22-14(21)17-11-8-6-5-7-9-18(13(11)20)10-12(19)16-4/h5-6,11H,7-10H2,1-4H3,(H,16,19)(H,17,21)/b6-5-. The van der Waals surface area contributed by atoms with E-state index in [-0.39, 0.29) is 18.4 Å². The summed E-state index contributed by atoms with van der Waals surface area (Å²) in [6.45, 7) is 5.68. The molecule has 0 fully saturated rings. The number of alkyl carbamates (subject to hydrolysis) is 1. The molecule has 7 heteroatoms. The Hall–Kier alpha value is -2.05. The van der Waals surface area contributed by atoms with Gasteiger partial charge in [0.25, 0.3) is 0 Å². The van der Waals surface area contributed by atoms with E-state index in [1.165, 1.54) is 11.9 Å². The lowest BCUT2D eigenvalue weighted by Gasteiger charge is -2.29. The minimum Gasteiger partial charge on any atom is -0.444 e. The second kappa shape index (κ2) is 7.82. The maximum Gasteiger partial charge on any atom is 0.408 e. The lowest BCUT2D eigenvalue weighted by Crippen LogP contribution is -2.52. The molecule has 1 rings (SSSR count). The Bertz CT molecular complexity index is 454. The molecule has 22 heavy (non-hydrogen) atoms.